The number of hydrogen-bond acceptors (Lipinski definition) is 5. The molecule has 2 atom stereocenters. The average Bonchev–Trinajstić information content (AvgIpc) is 2.77. The molecule has 0 bridgehead atoms. The summed E-state index contributed by atoms with van der Waals surface area (Å²) in [4.78, 5) is 15.2. The summed E-state index contributed by atoms with van der Waals surface area (Å²) in [6.07, 6.45) is -0.170. The van der Waals surface area contributed by atoms with Crippen molar-refractivity contribution in [2.24, 2.45) is 11.7 Å². The Balaban J connectivity index is 0.00000320. The number of nitrogens with zero attached hydrogens (tertiary/aromatic N) is 1. The molecule has 1 aliphatic heterocycles. The molecule has 2 N–H and O–H groups in total. The largest absolute Gasteiger partial charge is 0.493 e. The third-order valence-electron chi connectivity index (χ3n) is 5.11. The molecule has 0 spiro atoms. The maximum atomic E-state index is 13.3. The number of halogens is 1. The van der Waals surface area contributed by atoms with Gasteiger partial charge in [-0.2, -0.15) is 0 Å². The highest BCUT2D eigenvalue weighted by molar-refractivity contribution is 5.95. The standard InChI is InChI=1S/C23H30N2O4.ClH/c1-16(2)21-14-25(15-22(29-21)17-7-5-4-6-8-17)23(26)18-9-10-19(27-3)20(13-18)28-12-11-24;/h4-10,13,16,21-22H,11-12,14-15,24H2,1-3H3;1H/t21-,22+;/m1./s1. The molecule has 1 fully saturated rings. The zero-order valence-corrected chi connectivity index (χ0v) is 18.6. The second kappa shape index (κ2) is 11.2. The summed E-state index contributed by atoms with van der Waals surface area (Å²) in [7, 11) is 1.58. The Hall–Kier alpha value is -2.28. The molecule has 0 radical (unpaired) electrons. The lowest BCUT2D eigenvalue weighted by molar-refractivity contribution is -0.0954. The van der Waals surface area contributed by atoms with Crippen molar-refractivity contribution < 1.29 is 19.0 Å². The normalized spacial score (nSPS) is 18.6. The Bertz CT molecular complexity index is 816. The van der Waals surface area contributed by atoms with E-state index in [1.807, 2.05) is 35.2 Å². The quantitative estimate of drug-likeness (QED) is 0.719. The first-order valence-corrected chi connectivity index (χ1v) is 10.0. The maximum Gasteiger partial charge on any atom is 0.254 e. The molecule has 0 unspecified atom stereocenters. The van der Waals surface area contributed by atoms with Crippen LogP contribution in [0.4, 0.5) is 0 Å². The molecule has 7 heteroatoms. The second-order valence-electron chi connectivity index (χ2n) is 7.53. The fraction of sp³-hybridized carbons (Fsp3) is 0.435. The van der Waals surface area contributed by atoms with Gasteiger partial charge in [-0.05, 0) is 29.7 Å². The van der Waals surface area contributed by atoms with Gasteiger partial charge in [-0.3, -0.25) is 4.79 Å². The van der Waals surface area contributed by atoms with Crippen LogP contribution in [-0.2, 0) is 4.74 Å². The highest BCUT2D eigenvalue weighted by Gasteiger charge is 2.33. The molecule has 2 aromatic rings. The van der Waals surface area contributed by atoms with E-state index >= 15 is 0 Å². The van der Waals surface area contributed by atoms with Crippen LogP contribution in [0.15, 0.2) is 48.5 Å². The number of methoxy groups -OCH3 is 1. The van der Waals surface area contributed by atoms with Crippen molar-refractivity contribution in [3.8, 4) is 11.5 Å². The number of amides is 1. The number of benzene rings is 2. The van der Waals surface area contributed by atoms with Crippen LogP contribution in [0.3, 0.4) is 0 Å². The van der Waals surface area contributed by atoms with E-state index in [2.05, 4.69) is 13.8 Å². The molecule has 1 heterocycles. The van der Waals surface area contributed by atoms with Crippen molar-refractivity contribution in [3.05, 3.63) is 59.7 Å². The van der Waals surface area contributed by atoms with Crippen LogP contribution >= 0.6 is 12.4 Å². The van der Waals surface area contributed by atoms with E-state index < -0.39 is 0 Å². The predicted octanol–water partition coefficient (Wildman–Crippen LogP) is 3.69. The van der Waals surface area contributed by atoms with Crippen molar-refractivity contribution in [2.75, 3.05) is 33.4 Å². The van der Waals surface area contributed by atoms with Crippen LogP contribution in [0.2, 0.25) is 0 Å². The van der Waals surface area contributed by atoms with Gasteiger partial charge in [0.2, 0.25) is 0 Å². The highest BCUT2D eigenvalue weighted by Crippen LogP contribution is 2.31. The SMILES string of the molecule is COc1ccc(C(=O)N2C[C@@H](c3ccccc3)O[C@@H](C(C)C)C2)cc1OCCN.Cl. The topological polar surface area (TPSA) is 74.0 Å². The van der Waals surface area contributed by atoms with Gasteiger partial charge >= 0.3 is 0 Å². The van der Waals surface area contributed by atoms with E-state index in [0.29, 0.717) is 49.2 Å². The predicted molar refractivity (Wildman–Crippen MR) is 120 cm³/mol. The molecule has 30 heavy (non-hydrogen) atoms. The van der Waals surface area contributed by atoms with Crippen LogP contribution in [0.5, 0.6) is 11.5 Å². The molecule has 6 nitrogen and oxygen atoms in total. The molecule has 0 aromatic heterocycles. The van der Waals surface area contributed by atoms with E-state index in [4.69, 9.17) is 19.9 Å². The van der Waals surface area contributed by atoms with Gasteiger partial charge < -0.3 is 24.8 Å². The first-order chi connectivity index (χ1) is 14.0. The van der Waals surface area contributed by atoms with Gasteiger partial charge in [0.1, 0.15) is 12.7 Å². The van der Waals surface area contributed by atoms with E-state index in [1.54, 1.807) is 25.3 Å². The lowest BCUT2D eigenvalue weighted by atomic mass is 10.0. The summed E-state index contributed by atoms with van der Waals surface area (Å²) >= 11 is 0. The number of carbonyl (C=O) groups is 1. The monoisotopic (exact) mass is 434 g/mol. The molecular weight excluding hydrogens is 404 g/mol. The van der Waals surface area contributed by atoms with E-state index in [-0.39, 0.29) is 30.5 Å². The van der Waals surface area contributed by atoms with Gasteiger partial charge in [0.05, 0.1) is 19.8 Å². The minimum absolute atomic E-state index is 0. The molecule has 1 saturated heterocycles. The molecule has 0 aliphatic carbocycles. The Morgan fingerprint density at radius 3 is 2.53 bits per heavy atom. The minimum atomic E-state index is -0.146. The first-order valence-electron chi connectivity index (χ1n) is 10.0. The zero-order valence-electron chi connectivity index (χ0n) is 17.7. The van der Waals surface area contributed by atoms with Crippen molar-refractivity contribution in [1.29, 1.82) is 0 Å². The van der Waals surface area contributed by atoms with Crippen LogP contribution in [0.25, 0.3) is 0 Å². The molecule has 1 amide bonds. The summed E-state index contributed by atoms with van der Waals surface area (Å²) in [5.41, 5.74) is 7.19. The lowest BCUT2D eigenvalue weighted by Crippen LogP contribution is -2.48. The minimum Gasteiger partial charge on any atom is -0.493 e. The van der Waals surface area contributed by atoms with E-state index in [1.165, 1.54) is 0 Å². The summed E-state index contributed by atoms with van der Waals surface area (Å²) in [5, 5.41) is 0. The fourth-order valence-electron chi connectivity index (χ4n) is 3.45. The molecule has 3 rings (SSSR count). The molecular formula is C23H31ClN2O4. The van der Waals surface area contributed by atoms with Crippen LogP contribution in [0, 0.1) is 5.92 Å². The first kappa shape index (κ1) is 24.0. The van der Waals surface area contributed by atoms with E-state index in [9.17, 15) is 4.79 Å². The number of nitrogens with two attached hydrogens (primary N) is 1. The second-order valence-corrected chi connectivity index (χ2v) is 7.53. The Labute approximate surface area is 184 Å². The van der Waals surface area contributed by atoms with E-state index in [0.717, 1.165) is 5.56 Å². The average molecular weight is 435 g/mol. The number of hydrogen-bond donors (Lipinski definition) is 1. The molecule has 0 saturated carbocycles. The van der Waals surface area contributed by atoms with Gasteiger partial charge in [-0.1, -0.05) is 44.2 Å². The third kappa shape index (κ3) is 5.65. The van der Waals surface area contributed by atoms with Crippen molar-refractivity contribution >= 4 is 18.3 Å². The summed E-state index contributed by atoms with van der Waals surface area (Å²) in [6, 6.07) is 15.3. The van der Waals surface area contributed by atoms with Gasteiger partial charge in [0, 0.05) is 18.7 Å². The van der Waals surface area contributed by atoms with Gasteiger partial charge in [-0.15, -0.1) is 12.4 Å². The van der Waals surface area contributed by atoms with Crippen LogP contribution < -0.4 is 15.2 Å². The Morgan fingerprint density at radius 2 is 1.90 bits per heavy atom. The van der Waals surface area contributed by atoms with Crippen LogP contribution in [0.1, 0.15) is 35.9 Å². The molecule has 1 aliphatic rings. The Morgan fingerprint density at radius 1 is 1.17 bits per heavy atom. The summed E-state index contributed by atoms with van der Waals surface area (Å²) in [6.45, 7) is 6.05. The molecule has 2 aromatic carbocycles. The Kier molecular flexibility index (Phi) is 8.96. The van der Waals surface area contributed by atoms with Gasteiger partial charge in [0.15, 0.2) is 11.5 Å². The number of ether oxygens (including phenoxy) is 3. The van der Waals surface area contributed by atoms with Crippen molar-refractivity contribution in [3.63, 3.8) is 0 Å². The summed E-state index contributed by atoms with van der Waals surface area (Å²) in [5.74, 6) is 1.37. The third-order valence-corrected chi connectivity index (χ3v) is 5.11. The number of carbonyl (C=O) groups excluding carboxylic acids is 1. The van der Waals surface area contributed by atoms with Crippen molar-refractivity contribution in [1.82, 2.24) is 4.90 Å². The van der Waals surface area contributed by atoms with Gasteiger partial charge in [0.25, 0.3) is 5.91 Å². The fourth-order valence-corrected chi connectivity index (χ4v) is 3.45. The maximum absolute atomic E-state index is 13.3. The number of rotatable bonds is 7. The lowest BCUT2D eigenvalue weighted by Gasteiger charge is -2.40. The van der Waals surface area contributed by atoms with Crippen molar-refractivity contribution in [2.45, 2.75) is 26.1 Å². The van der Waals surface area contributed by atoms with Crippen LogP contribution in [-0.4, -0.2) is 50.3 Å². The summed E-state index contributed by atoms with van der Waals surface area (Å²) < 4.78 is 17.3. The molecule has 164 valence electrons. The zero-order chi connectivity index (χ0) is 20.8. The van der Waals surface area contributed by atoms with Gasteiger partial charge in [-0.25, -0.2) is 0 Å². The smallest absolute Gasteiger partial charge is 0.254 e. The number of morpholine rings is 1. The highest BCUT2D eigenvalue weighted by atomic mass is 35.5.